The summed E-state index contributed by atoms with van der Waals surface area (Å²) in [6, 6.07) is 11.4. The van der Waals surface area contributed by atoms with Crippen molar-refractivity contribution in [2.75, 3.05) is 7.05 Å². The van der Waals surface area contributed by atoms with Crippen LogP contribution in [0.15, 0.2) is 36.4 Å². The number of fused-ring (bicyclic) bond motifs is 1. The lowest BCUT2D eigenvalue weighted by molar-refractivity contribution is 0.0686. The number of carbonyl (C=O) groups excluding carboxylic acids is 1. The number of aromatic carboxylic acids is 1. The van der Waals surface area contributed by atoms with Crippen LogP contribution in [-0.4, -0.2) is 40.0 Å². The first-order valence-corrected chi connectivity index (χ1v) is 8.02. The van der Waals surface area contributed by atoms with Crippen molar-refractivity contribution in [3.05, 3.63) is 64.5 Å². The maximum Gasteiger partial charge on any atom is 0.337 e. The van der Waals surface area contributed by atoms with Crippen LogP contribution in [0.1, 0.15) is 44.1 Å². The molecule has 1 aromatic heterocycles. The van der Waals surface area contributed by atoms with E-state index in [2.05, 4.69) is 17.1 Å². The molecule has 1 heterocycles. The number of carbonyl (C=O) groups is 2. The maximum absolute atomic E-state index is 12.7. The third-order valence-corrected chi connectivity index (χ3v) is 4.72. The Balaban J connectivity index is 1.78. The van der Waals surface area contributed by atoms with Gasteiger partial charge in [-0.2, -0.15) is 0 Å². The lowest BCUT2D eigenvalue weighted by Crippen LogP contribution is -2.41. The van der Waals surface area contributed by atoms with E-state index in [-0.39, 0.29) is 17.5 Å². The molecular weight excluding hydrogens is 304 g/mol. The number of aryl methyl sites for hydroxylation is 2. The zero-order valence-corrected chi connectivity index (χ0v) is 13.8. The minimum atomic E-state index is -1.03. The van der Waals surface area contributed by atoms with Crippen molar-refractivity contribution in [2.45, 2.75) is 32.2 Å². The number of benzene rings is 1. The molecule has 1 atom stereocenters. The van der Waals surface area contributed by atoms with Gasteiger partial charge in [-0.15, -0.1) is 0 Å². The highest BCUT2D eigenvalue weighted by molar-refractivity contribution is 5.94. The van der Waals surface area contributed by atoms with Gasteiger partial charge in [0.1, 0.15) is 5.69 Å². The summed E-state index contributed by atoms with van der Waals surface area (Å²) in [5.41, 5.74) is 3.42. The zero-order chi connectivity index (χ0) is 17.3. The lowest BCUT2D eigenvalue weighted by atomic mass is 9.87. The van der Waals surface area contributed by atoms with Crippen molar-refractivity contribution in [1.29, 1.82) is 0 Å². The Morgan fingerprint density at radius 3 is 2.54 bits per heavy atom. The molecule has 0 saturated heterocycles. The second kappa shape index (κ2) is 6.43. The third-order valence-electron chi connectivity index (χ3n) is 4.72. The summed E-state index contributed by atoms with van der Waals surface area (Å²) < 4.78 is 0. The number of likely N-dealkylation sites (N-methyl/N-ethyl adjacent to an activating group) is 1. The Hall–Kier alpha value is -2.69. The smallest absolute Gasteiger partial charge is 0.337 e. The van der Waals surface area contributed by atoms with Gasteiger partial charge in [-0.1, -0.05) is 24.3 Å². The van der Waals surface area contributed by atoms with Crippen molar-refractivity contribution < 1.29 is 14.7 Å². The van der Waals surface area contributed by atoms with Crippen molar-refractivity contribution >= 4 is 11.9 Å². The second-order valence-electron chi connectivity index (χ2n) is 6.22. The van der Waals surface area contributed by atoms with Crippen molar-refractivity contribution in [2.24, 2.45) is 0 Å². The van der Waals surface area contributed by atoms with Crippen LogP contribution in [0.4, 0.5) is 0 Å². The molecule has 1 N–H and O–H groups in total. The van der Waals surface area contributed by atoms with Gasteiger partial charge in [-0.3, -0.25) is 4.79 Å². The molecule has 1 aliphatic carbocycles. The molecule has 0 aliphatic heterocycles. The maximum atomic E-state index is 12.7. The molecule has 0 bridgehead atoms. The first-order valence-electron chi connectivity index (χ1n) is 8.02. The quantitative estimate of drug-likeness (QED) is 0.942. The Bertz CT molecular complexity index is 801. The summed E-state index contributed by atoms with van der Waals surface area (Å²) in [5.74, 6) is -1.20. The number of amides is 1. The lowest BCUT2D eigenvalue weighted by Gasteiger charge is -2.32. The highest BCUT2D eigenvalue weighted by atomic mass is 16.4. The van der Waals surface area contributed by atoms with E-state index in [1.165, 1.54) is 23.3 Å². The number of aromatic nitrogens is 1. The highest BCUT2D eigenvalue weighted by Gasteiger charge is 2.26. The average molecular weight is 324 g/mol. The topological polar surface area (TPSA) is 70.5 Å². The van der Waals surface area contributed by atoms with E-state index in [0.717, 1.165) is 19.3 Å². The summed E-state index contributed by atoms with van der Waals surface area (Å²) >= 11 is 0. The van der Waals surface area contributed by atoms with Crippen molar-refractivity contribution in [3.8, 4) is 0 Å². The summed E-state index contributed by atoms with van der Waals surface area (Å²) in [4.78, 5) is 29.7. The van der Waals surface area contributed by atoms with Crippen LogP contribution >= 0.6 is 0 Å². The van der Waals surface area contributed by atoms with E-state index in [1.54, 1.807) is 18.9 Å². The number of carboxylic acids is 1. The fourth-order valence-electron chi connectivity index (χ4n) is 3.26. The minimum absolute atomic E-state index is 0.126. The first kappa shape index (κ1) is 16.2. The molecule has 0 spiro atoms. The van der Waals surface area contributed by atoms with E-state index < -0.39 is 5.97 Å². The number of carboxylic acid groups (broad SMARTS) is 1. The van der Waals surface area contributed by atoms with Crippen LogP contribution in [0, 0.1) is 6.92 Å². The first-order chi connectivity index (χ1) is 11.5. The molecule has 0 radical (unpaired) electrons. The fraction of sp³-hybridized carbons (Fsp3) is 0.316. The van der Waals surface area contributed by atoms with Gasteiger partial charge in [-0.25, -0.2) is 9.78 Å². The minimum Gasteiger partial charge on any atom is -0.478 e. The summed E-state index contributed by atoms with van der Waals surface area (Å²) in [5, 5.41) is 9.07. The normalized spacial score (nSPS) is 16.3. The van der Waals surface area contributed by atoms with Crippen LogP contribution in [0.25, 0.3) is 0 Å². The van der Waals surface area contributed by atoms with Gasteiger partial charge in [0.2, 0.25) is 0 Å². The molecule has 5 nitrogen and oxygen atoms in total. The molecule has 124 valence electrons. The van der Waals surface area contributed by atoms with E-state index in [4.69, 9.17) is 5.11 Å². The Labute approximate surface area is 140 Å². The number of hydrogen-bond donors (Lipinski definition) is 1. The predicted molar refractivity (Wildman–Crippen MR) is 90.3 cm³/mol. The molecule has 0 unspecified atom stereocenters. The van der Waals surface area contributed by atoms with Crippen LogP contribution in [0.2, 0.25) is 0 Å². The molecule has 0 saturated carbocycles. The van der Waals surface area contributed by atoms with Crippen molar-refractivity contribution in [1.82, 2.24) is 9.88 Å². The molecule has 3 rings (SSSR count). The highest BCUT2D eigenvalue weighted by Crippen LogP contribution is 2.24. The van der Waals surface area contributed by atoms with Gasteiger partial charge in [0.15, 0.2) is 0 Å². The Morgan fingerprint density at radius 2 is 1.88 bits per heavy atom. The van der Waals surface area contributed by atoms with Gasteiger partial charge in [0.05, 0.1) is 11.3 Å². The fourth-order valence-corrected chi connectivity index (χ4v) is 3.26. The van der Waals surface area contributed by atoms with Gasteiger partial charge in [0.25, 0.3) is 5.91 Å². The SMILES string of the molecule is Cc1nc(C(=O)N(C)[C@H]2CCc3ccccc3C2)ccc1C(=O)O. The van der Waals surface area contributed by atoms with E-state index in [0.29, 0.717) is 11.4 Å². The van der Waals surface area contributed by atoms with Crippen LogP contribution in [0.5, 0.6) is 0 Å². The van der Waals surface area contributed by atoms with Gasteiger partial charge >= 0.3 is 5.97 Å². The van der Waals surface area contributed by atoms with Crippen LogP contribution in [-0.2, 0) is 12.8 Å². The van der Waals surface area contributed by atoms with Gasteiger partial charge in [0, 0.05) is 13.1 Å². The Kier molecular flexibility index (Phi) is 4.34. The van der Waals surface area contributed by atoms with Crippen molar-refractivity contribution in [3.63, 3.8) is 0 Å². The van der Waals surface area contributed by atoms with Crippen LogP contribution in [0.3, 0.4) is 0 Å². The summed E-state index contributed by atoms with van der Waals surface area (Å²) in [7, 11) is 1.79. The molecule has 1 aliphatic rings. The molecule has 0 fully saturated rings. The van der Waals surface area contributed by atoms with Gasteiger partial charge < -0.3 is 10.0 Å². The number of rotatable bonds is 3. The third kappa shape index (κ3) is 3.02. The monoisotopic (exact) mass is 324 g/mol. The number of pyridine rings is 1. The summed E-state index contributed by atoms with van der Waals surface area (Å²) in [6.07, 6.45) is 2.72. The molecule has 1 amide bonds. The van der Waals surface area contributed by atoms with E-state index in [1.807, 2.05) is 12.1 Å². The molecule has 2 aromatic rings. The number of nitrogens with zero attached hydrogens (tertiary/aromatic N) is 2. The molecule has 24 heavy (non-hydrogen) atoms. The average Bonchev–Trinajstić information content (AvgIpc) is 2.59. The largest absolute Gasteiger partial charge is 0.478 e. The van der Waals surface area contributed by atoms with Gasteiger partial charge in [-0.05, 0) is 49.4 Å². The molecule has 1 aromatic carbocycles. The van der Waals surface area contributed by atoms with E-state index in [9.17, 15) is 9.59 Å². The van der Waals surface area contributed by atoms with E-state index >= 15 is 0 Å². The molecular formula is C19H20N2O3. The standard InChI is InChI=1S/C19H20N2O3/c1-12-16(19(23)24)9-10-17(20-12)18(22)21(2)15-8-7-13-5-3-4-6-14(13)11-15/h3-6,9-10,15H,7-8,11H2,1-2H3,(H,23,24)/t15-/m0/s1. The Morgan fingerprint density at radius 1 is 1.17 bits per heavy atom. The summed E-state index contributed by atoms with van der Waals surface area (Å²) in [6.45, 7) is 1.61. The zero-order valence-electron chi connectivity index (χ0n) is 13.8. The molecule has 5 heteroatoms. The second-order valence-corrected chi connectivity index (χ2v) is 6.22. The van der Waals surface area contributed by atoms with Crippen LogP contribution < -0.4 is 0 Å². The predicted octanol–water partition coefficient (Wildman–Crippen LogP) is 2.72. The number of hydrogen-bond acceptors (Lipinski definition) is 3.